The van der Waals surface area contributed by atoms with Crippen LogP contribution in [-0.4, -0.2) is 8.80 Å². The largest absolute Gasteiger partial charge is 0.310 e. The number of rotatable bonds is 8. The molecule has 0 amide bonds. The summed E-state index contributed by atoms with van der Waals surface area (Å²) in [4.78, 5) is 1.51. The van der Waals surface area contributed by atoms with Crippen molar-refractivity contribution in [3.63, 3.8) is 0 Å². The Labute approximate surface area is 476 Å². The number of hydrogen-bond acceptors (Lipinski definition) is 2. The van der Waals surface area contributed by atoms with Gasteiger partial charge in [0.05, 0.1) is 77.4 Å². The molecule has 0 aliphatic heterocycles. The van der Waals surface area contributed by atoms with Crippen LogP contribution in [0.25, 0.3) is 76.2 Å². The van der Waals surface area contributed by atoms with Crippen LogP contribution in [0.5, 0.6) is 0 Å². The Bertz CT molecular complexity index is 5760. The maximum Gasteiger partial charge on any atom is 0.0645 e. The number of anilines is 6. The summed E-state index contributed by atoms with van der Waals surface area (Å²) in [6.45, 7) is -5.27. The highest BCUT2D eigenvalue weighted by molar-refractivity contribution is 6.32. The Morgan fingerprint density at radius 3 is 1.14 bits per heavy atom. The van der Waals surface area contributed by atoms with E-state index >= 15 is 0 Å². The molecule has 4 heterocycles. The summed E-state index contributed by atoms with van der Waals surface area (Å²) in [6, 6.07) is -15.4. The van der Waals surface area contributed by atoms with Crippen molar-refractivity contribution in [2.75, 3.05) is 9.80 Å². The molecule has 0 saturated heterocycles. The lowest BCUT2D eigenvalue weighted by Crippen LogP contribution is -2.12. The average molecular weight is 974 g/mol. The predicted molar refractivity (Wildman–Crippen MR) is 311 cm³/mol. The second-order valence-electron chi connectivity index (χ2n) is 19.5. The van der Waals surface area contributed by atoms with Crippen molar-refractivity contribution >= 4 is 110 Å². The highest BCUT2D eigenvalue weighted by atomic mass is 15.2. The zero-order valence-electron chi connectivity index (χ0n) is 77.3. The number of nitrogens with zero attached hydrogens (tertiary/aromatic N) is 4. The van der Waals surface area contributed by atoms with Crippen LogP contribution in [-0.2, 0) is 10.8 Å². The molecule has 13 rings (SSSR count). The molecule has 0 fully saturated rings. The van der Waals surface area contributed by atoms with Crippen molar-refractivity contribution in [3.8, 4) is 0 Å². The van der Waals surface area contributed by atoms with E-state index in [0.29, 0.717) is 0 Å². The first-order chi connectivity index (χ1) is 50.3. The number of benzene rings is 9. The second-order valence-corrected chi connectivity index (χ2v) is 19.5. The summed E-state index contributed by atoms with van der Waals surface area (Å²) in [5, 5.41) is 0.281. The molecule has 0 aliphatic carbocycles. The van der Waals surface area contributed by atoms with E-state index in [2.05, 4.69) is 0 Å². The van der Waals surface area contributed by atoms with Gasteiger partial charge in [0.15, 0.2) is 0 Å². The zero-order valence-corrected chi connectivity index (χ0v) is 39.3. The summed E-state index contributed by atoms with van der Waals surface area (Å²) in [5.41, 5.74) is -8.81. The van der Waals surface area contributed by atoms with Crippen molar-refractivity contribution in [3.05, 3.63) is 204 Å². The van der Waals surface area contributed by atoms with Crippen LogP contribution in [0.4, 0.5) is 34.1 Å². The second kappa shape index (κ2) is 15.8. The molecule has 0 aliphatic rings. The summed E-state index contributed by atoms with van der Waals surface area (Å²) in [7, 11) is 0. The Balaban J connectivity index is 1.27. The van der Waals surface area contributed by atoms with Crippen LogP contribution >= 0.6 is 0 Å². The number of fused-ring (bicyclic) bond motifs is 12. The van der Waals surface area contributed by atoms with Crippen molar-refractivity contribution in [1.29, 1.82) is 0 Å². The van der Waals surface area contributed by atoms with Crippen molar-refractivity contribution in [2.24, 2.45) is 0 Å². The minimum absolute atomic E-state index is 0.0380. The van der Waals surface area contributed by atoms with E-state index in [0.717, 1.165) is 9.80 Å². The monoisotopic (exact) mass is 973 g/mol. The van der Waals surface area contributed by atoms with Gasteiger partial charge in [0, 0.05) is 85.0 Å². The van der Waals surface area contributed by atoms with E-state index in [1.165, 1.54) is 24.3 Å². The third-order valence-electron chi connectivity index (χ3n) is 13.2. The summed E-state index contributed by atoms with van der Waals surface area (Å²) >= 11 is 0. The maximum atomic E-state index is 9.97. The van der Waals surface area contributed by atoms with Gasteiger partial charge in [-0.3, -0.25) is 0 Å². The highest BCUT2D eigenvalue weighted by Crippen LogP contribution is 2.53. The maximum absolute atomic E-state index is 9.97. The van der Waals surface area contributed by atoms with Crippen molar-refractivity contribution in [1.82, 2.24) is 8.80 Å². The minimum atomic E-state index is -3.88. The van der Waals surface area contributed by atoms with Gasteiger partial charge in [0.2, 0.25) is 0 Å². The first-order valence-electron chi connectivity index (χ1n) is 41.7. The standard InChI is InChI=1S/C68H62N4/c1-41(2)43-27-31-47(32-28-43)69(45-19-13-11-14-20-45)57-37-35-49-53-39-60-54(40-59(53)71-63-51(61(57)65(49)71)23-17-25-55(63)67(5,6)7)50-36-38-58(62-52-24-18-26-56(68(8,9)10)64(52)72(60)66(50)62)70(46-21-15-12-16-22-46)48-33-29-44(30-34-48)42(3)4/h11-42H,1-10H3/i1D3,2D3,3D3,4D3,11D,12D,13D,14D,15D,16D,17D,18D,19D,20D,21D,22D,23D,24D,25D,26D,27D,28D,29D,30D,31D,32D,33D,34D,41D,42D. The van der Waals surface area contributed by atoms with Crippen LogP contribution in [0.3, 0.4) is 0 Å². The molecule has 0 N–H and O–H groups in total. The fourth-order valence-electron chi connectivity index (χ4n) is 10.2. The van der Waals surface area contributed by atoms with E-state index in [9.17, 15) is 24.7 Å². The van der Waals surface area contributed by atoms with Gasteiger partial charge in [-0.1, -0.05) is 178 Å². The van der Waals surface area contributed by atoms with Crippen LogP contribution in [0.1, 0.15) is 155 Å². The molecule has 0 unspecified atom stereocenters. The van der Waals surface area contributed by atoms with Gasteiger partial charge < -0.3 is 18.6 Å². The quantitative estimate of drug-likeness (QED) is 0.151. The fraction of sp³-hybridized carbons (Fsp3) is 0.206. The normalized spacial score (nSPS) is 21.4. The van der Waals surface area contributed by atoms with Gasteiger partial charge in [0.1, 0.15) is 0 Å². The third kappa shape index (κ3) is 6.43. The lowest BCUT2D eigenvalue weighted by Gasteiger charge is -2.27. The predicted octanol–water partition coefficient (Wildman–Crippen LogP) is 19.8. The molecule has 0 atom stereocenters. The number of hydrogen-bond donors (Lipinski definition) is 0. The van der Waals surface area contributed by atoms with E-state index in [4.69, 9.17) is 27.4 Å². The van der Waals surface area contributed by atoms with E-state index in [-0.39, 0.29) is 87.3 Å². The first-order valence-corrected chi connectivity index (χ1v) is 22.7. The van der Waals surface area contributed by atoms with Crippen LogP contribution in [0, 0.1) is 0 Å². The molecule has 0 spiro atoms. The van der Waals surface area contributed by atoms with Gasteiger partial charge in [-0.25, -0.2) is 0 Å². The molecule has 354 valence electrons. The van der Waals surface area contributed by atoms with Gasteiger partial charge in [0.25, 0.3) is 0 Å². The average Bonchev–Trinajstić information content (AvgIpc) is 1.48. The number of aromatic nitrogens is 2. The van der Waals surface area contributed by atoms with Gasteiger partial charge >= 0.3 is 0 Å². The summed E-state index contributed by atoms with van der Waals surface area (Å²) < 4.78 is 347. The molecule has 13 aromatic rings. The Morgan fingerprint density at radius 2 is 0.778 bits per heavy atom. The third-order valence-corrected chi connectivity index (χ3v) is 13.2. The molecule has 0 radical (unpaired) electrons. The molecule has 4 nitrogen and oxygen atoms in total. The van der Waals surface area contributed by atoms with Gasteiger partial charge in [-0.05, 0) is 117 Å². The van der Waals surface area contributed by atoms with Gasteiger partial charge in [-0.15, -0.1) is 0 Å². The Morgan fingerprint density at radius 1 is 0.403 bits per heavy atom. The fourth-order valence-corrected chi connectivity index (χ4v) is 10.2. The molecule has 4 heteroatoms. The molecular formula is C68H62N4. The topological polar surface area (TPSA) is 15.3 Å². The van der Waals surface area contributed by atoms with Crippen LogP contribution in [0.15, 0.2) is 181 Å². The Hall–Kier alpha value is -7.82. The lowest BCUT2D eigenvalue weighted by molar-refractivity contribution is 0.594. The first kappa shape index (κ1) is 19.7. The zero-order chi connectivity index (χ0) is 82.3. The summed E-state index contributed by atoms with van der Waals surface area (Å²) in [6.07, 6.45) is 0. The van der Waals surface area contributed by atoms with Crippen LogP contribution < -0.4 is 9.80 Å². The smallest absolute Gasteiger partial charge is 0.0645 e. The number of para-hydroxylation sites is 4. The highest BCUT2D eigenvalue weighted by Gasteiger charge is 2.31. The minimum Gasteiger partial charge on any atom is -0.310 e. The lowest BCUT2D eigenvalue weighted by atomic mass is 9.85. The van der Waals surface area contributed by atoms with Gasteiger partial charge in [-0.2, -0.15) is 0 Å². The Kier molecular flexibility index (Phi) is 4.32. The molecule has 4 aromatic heterocycles. The van der Waals surface area contributed by atoms with Crippen molar-refractivity contribution < 1.29 is 52.1 Å². The molecule has 0 bridgehead atoms. The molecule has 72 heavy (non-hydrogen) atoms. The molecular weight excluding hydrogens is 873 g/mol. The van der Waals surface area contributed by atoms with Crippen LogP contribution in [0.2, 0.25) is 0 Å². The summed E-state index contributed by atoms with van der Waals surface area (Å²) in [5.74, 6) is -7.73. The molecule has 0 saturated carbocycles. The van der Waals surface area contributed by atoms with E-state index in [1.807, 2.05) is 0 Å². The van der Waals surface area contributed by atoms with E-state index in [1.54, 1.807) is 62.5 Å². The molecule has 9 aromatic carbocycles. The van der Waals surface area contributed by atoms with E-state index < -0.39 is 240 Å². The SMILES string of the molecule is [2H]c1c([2H])c([2H])c(N(c2c([2H])c([2H])c(C([2H])(C([2H])([2H])[2H])C([2H])([2H])[2H])c([2H])c2[2H])c2ccc3c4cc5c(cc4n4c6c(C(C)(C)C)c([2H])c([2H])c([2H])c6c2c34)c2ccc(N(c3c([2H])c([2H])c([2H])c([2H])c3[2H])c3c([2H])c([2H])c(C([2H])(C([2H])([2H])[2H])C([2H])([2H])[2H])c([2H])c3[2H])c3c4c([2H])c([2H])c([2H])c(C(C)(C)C)c4n5c23)c([2H])c1[2H]. The van der Waals surface area contributed by atoms with Crippen molar-refractivity contribution in [2.45, 2.75) is 91.6 Å².